The summed E-state index contributed by atoms with van der Waals surface area (Å²) in [4.78, 5) is 25.4. The normalized spacial score (nSPS) is 11.2. The third-order valence-corrected chi connectivity index (χ3v) is 4.78. The number of ketones is 1. The Labute approximate surface area is 154 Å². The standard InChI is InChI=1S/C18H14Cl2O3S/c1-23-18(22)14(10-13-15(19)8-5-9-16(13)20)17(21)11-24-12-6-3-2-4-7-12/h2-10H,11H2,1H3. The van der Waals surface area contributed by atoms with Gasteiger partial charge in [0.15, 0.2) is 5.78 Å². The molecule has 0 bridgehead atoms. The number of Topliss-reactive ketones (excluding diaryl/α,β-unsaturated/α-hetero) is 1. The first-order valence-electron chi connectivity index (χ1n) is 6.98. The van der Waals surface area contributed by atoms with Gasteiger partial charge in [-0.15, -0.1) is 11.8 Å². The number of carbonyl (C=O) groups is 2. The van der Waals surface area contributed by atoms with E-state index in [2.05, 4.69) is 0 Å². The van der Waals surface area contributed by atoms with Crippen LogP contribution >= 0.6 is 35.0 Å². The summed E-state index contributed by atoms with van der Waals surface area (Å²) < 4.78 is 4.71. The number of ether oxygens (including phenoxy) is 1. The van der Waals surface area contributed by atoms with Gasteiger partial charge in [0.2, 0.25) is 0 Å². The third kappa shape index (κ3) is 4.87. The molecular weight excluding hydrogens is 367 g/mol. The molecule has 0 saturated heterocycles. The highest BCUT2D eigenvalue weighted by Crippen LogP contribution is 2.28. The van der Waals surface area contributed by atoms with E-state index in [0.717, 1.165) is 4.90 Å². The lowest BCUT2D eigenvalue weighted by Crippen LogP contribution is -2.16. The van der Waals surface area contributed by atoms with Crippen LogP contribution in [0.3, 0.4) is 0 Å². The van der Waals surface area contributed by atoms with E-state index in [-0.39, 0.29) is 17.1 Å². The van der Waals surface area contributed by atoms with Crippen molar-refractivity contribution >= 4 is 52.8 Å². The maximum absolute atomic E-state index is 12.5. The summed E-state index contributed by atoms with van der Waals surface area (Å²) in [5, 5.41) is 0.708. The molecule has 0 fully saturated rings. The van der Waals surface area contributed by atoms with Crippen molar-refractivity contribution in [3.63, 3.8) is 0 Å². The van der Waals surface area contributed by atoms with E-state index < -0.39 is 5.97 Å². The highest BCUT2D eigenvalue weighted by molar-refractivity contribution is 8.00. The molecular formula is C18H14Cl2O3S. The minimum atomic E-state index is -0.718. The Hall–Kier alpha value is -1.75. The first-order chi connectivity index (χ1) is 11.5. The van der Waals surface area contributed by atoms with E-state index in [1.54, 1.807) is 18.2 Å². The number of carbonyl (C=O) groups excluding carboxylic acids is 2. The number of benzene rings is 2. The molecule has 0 amide bonds. The predicted octanol–water partition coefficient (Wildman–Crippen LogP) is 4.91. The van der Waals surface area contributed by atoms with Gasteiger partial charge in [0.25, 0.3) is 0 Å². The zero-order valence-electron chi connectivity index (χ0n) is 12.8. The fourth-order valence-corrected chi connectivity index (χ4v) is 3.21. The molecule has 0 N–H and O–H groups in total. The number of methoxy groups -OCH3 is 1. The average Bonchev–Trinajstić information content (AvgIpc) is 2.60. The van der Waals surface area contributed by atoms with Gasteiger partial charge in [-0.3, -0.25) is 4.79 Å². The molecule has 124 valence electrons. The zero-order chi connectivity index (χ0) is 17.5. The quantitative estimate of drug-likeness (QED) is 0.234. The van der Waals surface area contributed by atoms with Crippen LogP contribution in [0.25, 0.3) is 6.08 Å². The molecule has 0 aliphatic rings. The van der Waals surface area contributed by atoms with Crippen LogP contribution in [-0.2, 0) is 14.3 Å². The smallest absolute Gasteiger partial charge is 0.341 e. The largest absolute Gasteiger partial charge is 0.465 e. The summed E-state index contributed by atoms with van der Waals surface area (Å²) in [6, 6.07) is 14.4. The molecule has 0 unspecified atom stereocenters. The first kappa shape index (κ1) is 18.6. The van der Waals surface area contributed by atoms with Crippen LogP contribution in [0.4, 0.5) is 0 Å². The monoisotopic (exact) mass is 380 g/mol. The summed E-state index contributed by atoms with van der Waals surface area (Å²) in [5.41, 5.74) is 0.329. The van der Waals surface area contributed by atoms with Crippen molar-refractivity contribution < 1.29 is 14.3 Å². The Bertz CT molecular complexity index is 753. The molecule has 0 atom stereocenters. The molecule has 2 rings (SSSR count). The number of halogens is 2. The highest BCUT2D eigenvalue weighted by atomic mass is 35.5. The van der Waals surface area contributed by atoms with E-state index >= 15 is 0 Å². The van der Waals surface area contributed by atoms with Crippen molar-refractivity contribution in [3.8, 4) is 0 Å². The van der Waals surface area contributed by atoms with Gasteiger partial charge < -0.3 is 4.74 Å². The van der Waals surface area contributed by atoms with Crippen LogP contribution < -0.4 is 0 Å². The minimum Gasteiger partial charge on any atom is -0.465 e. The second kappa shape index (κ2) is 8.92. The van der Waals surface area contributed by atoms with Gasteiger partial charge in [0.05, 0.1) is 12.9 Å². The van der Waals surface area contributed by atoms with Crippen LogP contribution in [0.2, 0.25) is 10.0 Å². The van der Waals surface area contributed by atoms with Gasteiger partial charge in [-0.2, -0.15) is 0 Å². The summed E-state index contributed by atoms with van der Waals surface area (Å²) in [6.07, 6.45) is 1.38. The zero-order valence-corrected chi connectivity index (χ0v) is 15.1. The molecule has 2 aromatic carbocycles. The predicted molar refractivity (Wildman–Crippen MR) is 98.6 cm³/mol. The Balaban J connectivity index is 2.26. The number of rotatable bonds is 6. The van der Waals surface area contributed by atoms with Gasteiger partial charge in [0, 0.05) is 20.5 Å². The molecule has 0 spiro atoms. The number of thioether (sulfide) groups is 1. The van der Waals surface area contributed by atoms with Crippen molar-refractivity contribution in [2.75, 3.05) is 12.9 Å². The summed E-state index contributed by atoms with van der Waals surface area (Å²) in [6.45, 7) is 0. The van der Waals surface area contributed by atoms with Gasteiger partial charge in [-0.1, -0.05) is 47.5 Å². The highest BCUT2D eigenvalue weighted by Gasteiger charge is 2.20. The van der Waals surface area contributed by atoms with Crippen molar-refractivity contribution in [3.05, 3.63) is 69.7 Å². The van der Waals surface area contributed by atoms with Gasteiger partial charge in [-0.05, 0) is 30.3 Å². The first-order valence-corrected chi connectivity index (χ1v) is 8.72. The molecule has 0 radical (unpaired) electrons. The lowest BCUT2D eigenvalue weighted by atomic mass is 10.1. The van der Waals surface area contributed by atoms with E-state index in [1.165, 1.54) is 24.9 Å². The molecule has 0 saturated carbocycles. The van der Waals surface area contributed by atoms with E-state index in [0.29, 0.717) is 15.6 Å². The van der Waals surface area contributed by atoms with Gasteiger partial charge in [-0.25, -0.2) is 4.79 Å². The Morgan fingerprint density at radius 1 is 1.04 bits per heavy atom. The topological polar surface area (TPSA) is 43.4 Å². The Morgan fingerprint density at radius 2 is 1.67 bits per heavy atom. The molecule has 6 heteroatoms. The van der Waals surface area contributed by atoms with E-state index in [4.69, 9.17) is 27.9 Å². The van der Waals surface area contributed by atoms with Gasteiger partial charge in [0.1, 0.15) is 5.57 Å². The summed E-state index contributed by atoms with van der Waals surface area (Å²) >= 11 is 13.5. The molecule has 24 heavy (non-hydrogen) atoms. The molecule has 0 aliphatic carbocycles. The van der Waals surface area contributed by atoms with Crippen molar-refractivity contribution in [1.82, 2.24) is 0 Å². The van der Waals surface area contributed by atoms with Gasteiger partial charge >= 0.3 is 5.97 Å². The number of hydrogen-bond donors (Lipinski definition) is 0. The molecule has 0 aromatic heterocycles. The van der Waals surface area contributed by atoms with Crippen LogP contribution in [-0.4, -0.2) is 24.6 Å². The number of hydrogen-bond acceptors (Lipinski definition) is 4. The maximum Gasteiger partial charge on any atom is 0.341 e. The molecule has 3 nitrogen and oxygen atoms in total. The van der Waals surface area contributed by atoms with E-state index in [1.807, 2.05) is 30.3 Å². The average molecular weight is 381 g/mol. The maximum atomic E-state index is 12.5. The SMILES string of the molecule is COC(=O)C(=Cc1c(Cl)cccc1Cl)C(=O)CSc1ccccc1. The lowest BCUT2D eigenvalue weighted by Gasteiger charge is -2.07. The minimum absolute atomic E-state index is 0.0871. The van der Waals surface area contributed by atoms with Crippen molar-refractivity contribution in [2.45, 2.75) is 4.90 Å². The second-order valence-corrected chi connectivity index (χ2v) is 6.57. The van der Waals surface area contributed by atoms with Crippen LogP contribution in [0.5, 0.6) is 0 Å². The Kier molecular flexibility index (Phi) is 6.91. The van der Waals surface area contributed by atoms with Crippen molar-refractivity contribution in [1.29, 1.82) is 0 Å². The summed E-state index contributed by atoms with van der Waals surface area (Å²) in [7, 11) is 1.22. The fourth-order valence-electron chi connectivity index (χ4n) is 1.90. The van der Waals surface area contributed by atoms with Crippen LogP contribution in [0.1, 0.15) is 5.56 Å². The number of esters is 1. The van der Waals surface area contributed by atoms with E-state index in [9.17, 15) is 9.59 Å². The summed E-state index contributed by atoms with van der Waals surface area (Å²) in [5.74, 6) is -0.969. The fraction of sp³-hybridized carbons (Fsp3) is 0.111. The third-order valence-electron chi connectivity index (χ3n) is 3.11. The molecule has 2 aromatic rings. The molecule has 0 heterocycles. The lowest BCUT2D eigenvalue weighted by molar-refractivity contribution is -0.137. The van der Waals surface area contributed by atoms with Crippen LogP contribution in [0, 0.1) is 0 Å². The molecule has 0 aliphatic heterocycles. The Morgan fingerprint density at radius 3 is 2.25 bits per heavy atom. The van der Waals surface area contributed by atoms with Crippen molar-refractivity contribution in [2.24, 2.45) is 0 Å². The second-order valence-electron chi connectivity index (χ2n) is 4.71. The van der Waals surface area contributed by atoms with Crippen LogP contribution in [0.15, 0.2) is 59.0 Å².